The van der Waals surface area contributed by atoms with Crippen LogP contribution in [0.2, 0.25) is 0 Å². The van der Waals surface area contributed by atoms with Crippen LogP contribution in [0.15, 0.2) is 42.5 Å². The number of nitrogens with zero attached hydrogens (tertiary/aromatic N) is 1. The Morgan fingerprint density at radius 1 is 0.962 bits per heavy atom. The number of rotatable bonds is 3. The molecule has 138 valence electrons. The van der Waals surface area contributed by atoms with E-state index in [0.717, 1.165) is 36.7 Å². The number of hydrogen-bond acceptors (Lipinski definition) is 4. The van der Waals surface area contributed by atoms with E-state index in [9.17, 15) is 13.2 Å². The van der Waals surface area contributed by atoms with Crippen molar-refractivity contribution < 1.29 is 13.2 Å². The van der Waals surface area contributed by atoms with Crippen molar-refractivity contribution in [1.82, 2.24) is 10.2 Å². The van der Waals surface area contributed by atoms with E-state index in [2.05, 4.69) is 10.2 Å². The molecule has 2 aromatic carbocycles. The average Bonchev–Trinajstić information content (AvgIpc) is 2.96. The molecular formula is C20H24N2O3S. The zero-order valence-electron chi connectivity index (χ0n) is 14.7. The van der Waals surface area contributed by atoms with Crippen molar-refractivity contribution >= 4 is 26.5 Å². The fourth-order valence-corrected chi connectivity index (χ4v) is 6.20. The molecule has 1 amide bonds. The quantitative estimate of drug-likeness (QED) is 0.897. The summed E-state index contributed by atoms with van der Waals surface area (Å²) in [6, 6.07) is 12.9. The van der Waals surface area contributed by atoms with Crippen molar-refractivity contribution in [2.75, 3.05) is 24.6 Å². The Hall–Kier alpha value is -1.92. The Labute approximate surface area is 154 Å². The van der Waals surface area contributed by atoms with Gasteiger partial charge in [0.05, 0.1) is 17.5 Å². The minimum atomic E-state index is -3.12. The van der Waals surface area contributed by atoms with Gasteiger partial charge in [0.15, 0.2) is 9.84 Å². The van der Waals surface area contributed by atoms with Crippen LogP contribution in [0.3, 0.4) is 0 Å². The van der Waals surface area contributed by atoms with Crippen LogP contribution >= 0.6 is 0 Å². The number of nitrogens with one attached hydrogen (secondary N) is 1. The predicted molar refractivity (Wildman–Crippen MR) is 103 cm³/mol. The van der Waals surface area contributed by atoms with Gasteiger partial charge in [0.25, 0.3) is 5.91 Å². The third-order valence-corrected chi connectivity index (χ3v) is 7.25. The van der Waals surface area contributed by atoms with Crippen LogP contribution in [0.25, 0.3) is 10.8 Å². The van der Waals surface area contributed by atoms with Crippen LogP contribution in [-0.4, -0.2) is 55.9 Å². The summed E-state index contributed by atoms with van der Waals surface area (Å²) >= 11 is 0. The molecule has 2 aliphatic rings. The molecule has 26 heavy (non-hydrogen) atoms. The first kappa shape index (κ1) is 17.5. The molecule has 0 bridgehead atoms. The molecule has 0 saturated carbocycles. The standard InChI is InChI=1S/C20H24N2O3S/c23-20(17-10-6-8-15-7-2-3-9-16(15)17)21-18-13-26(24,25)14-19(18)22-11-4-1-5-12-22/h2-3,6-10,18-19H,1,4-5,11-14H2,(H,21,23)/t18-,19+/m0/s1. The molecule has 2 atom stereocenters. The Balaban J connectivity index is 1.58. The van der Waals surface area contributed by atoms with Crippen LogP contribution in [-0.2, 0) is 9.84 Å². The van der Waals surface area contributed by atoms with Gasteiger partial charge in [-0.25, -0.2) is 8.42 Å². The van der Waals surface area contributed by atoms with Crippen molar-refractivity contribution in [2.45, 2.75) is 31.3 Å². The molecule has 2 fully saturated rings. The van der Waals surface area contributed by atoms with E-state index >= 15 is 0 Å². The molecule has 1 N–H and O–H groups in total. The van der Waals surface area contributed by atoms with Gasteiger partial charge in [-0.05, 0) is 42.8 Å². The minimum Gasteiger partial charge on any atom is -0.347 e. The first-order valence-electron chi connectivity index (χ1n) is 9.27. The SMILES string of the molecule is O=C(N[C@H]1CS(=O)(=O)C[C@H]1N1CCCCC1)c1cccc2ccccc12. The van der Waals surface area contributed by atoms with Crippen molar-refractivity contribution in [3.8, 4) is 0 Å². The lowest BCUT2D eigenvalue weighted by molar-refractivity contribution is 0.0901. The highest BCUT2D eigenvalue weighted by Gasteiger charge is 2.42. The van der Waals surface area contributed by atoms with Crippen molar-refractivity contribution in [1.29, 1.82) is 0 Å². The molecule has 4 rings (SSSR count). The van der Waals surface area contributed by atoms with Gasteiger partial charge >= 0.3 is 0 Å². The van der Waals surface area contributed by atoms with Crippen molar-refractivity contribution in [2.24, 2.45) is 0 Å². The smallest absolute Gasteiger partial charge is 0.252 e. The second kappa shape index (κ2) is 7.00. The number of amides is 1. The van der Waals surface area contributed by atoms with Gasteiger partial charge in [0.1, 0.15) is 0 Å². The Morgan fingerprint density at radius 2 is 1.69 bits per heavy atom. The van der Waals surface area contributed by atoms with Gasteiger partial charge < -0.3 is 5.32 Å². The first-order chi connectivity index (χ1) is 12.5. The molecule has 2 aliphatic heterocycles. The average molecular weight is 372 g/mol. The molecule has 0 aromatic heterocycles. The van der Waals surface area contributed by atoms with Gasteiger partial charge in [-0.2, -0.15) is 0 Å². The lowest BCUT2D eigenvalue weighted by Gasteiger charge is -2.35. The number of benzene rings is 2. The minimum absolute atomic E-state index is 0.0324. The number of carbonyl (C=O) groups is 1. The van der Waals surface area contributed by atoms with Gasteiger partial charge in [0, 0.05) is 11.6 Å². The number of likely N-dealkylation sites (tertiary alicyclic amines) is 1. The Kier molecular flexibility index (Phi) is 4.71. The largest absolute Gasteiger partial charge is 0.347 e. The van der Waals surface area contributed by atoms with Crippen molar-refractivity contribution in [3.05, 3.63) is 48.0 Å². The number of piperidine rings is 1. The number of sulfone groups is 1. The zero-order chi connectivity index (χ0) is 18.1. The van der Waals surface area contributed by atoms with E-state index in [1.165, 1.54) is 6.42 Å². The number of hydrogen-bond donors (Lipinski definition) is 1. The van der Waals surface area contributed by atoms with E-state index in [4.69, 9.17) is 0 Å². The van der Waals surface area contributed by atoms with E-state index in [1.54, 1.807) is 6.07 Å². The van der Waals surface area contributed by atoms with Gasteiger partial charge in [0.2, 0.25) is 0 Å². The molecule has 0 aliphatic carbocycles. The predicted octanol–water partition coefficient (Wildman–Crippen LogP) is 2.22. The molecule has 2 saturated heterocycles. The molecule has 0 unspecified atom stereocenters. The summed E-state index contributed by atoms with van der Waals surface area (Å²) in [5, 5.41) is 4.93. The lowest BCUT2D eigenvalue weighted by Crippen LogP contribution is -2.52. The van der Waals surface area contributed by atoms with Gasteiger partial charge in [-0.3, -0.25) is 9.69 Å². The zero-order valence-corrected chi connectivity index (χ0v) is 15.5. The Morgan fingerprint density at radius 3 is 2.50 bits per heavy atom. The molecular weight excluding hydrogens is 348 g/mol. The second-order valence-corrected chi connectivity index (χ2v) is 9.50. The maximum absolute atomic E-state index is 12.9. The highest BCUT2D eigenvalue weighted by Crippen LogP contribution is 2.24. The number of carbonyl (C=O) groups excluding carboxylic acids is 1. The molecule has 0 spiro atoms. The third kappa shape index (κ3) is 3.48. The van der Waals surface area contributed by atoms with Crippen LogP contribution in [0, 0.1) is 0 Å². The van der Waals surface area contributed by atoms with Crippen LogP contribution in [0.4, 0.5) is 0 Å². The maximum Gasteiger partial charge on any atom is 0.252 e. The highest BCUT2D eigenvalue weighted by molar-refractivity contribution is 7.91. The summed E-state index contributed by atoms with van der Waals surface area (Å²) in [5.74, 6) is -0.0102. The van der Waals surface area contributed by atoms with E-state index in [0.29, 0.717) is 5.56 Å². The fraction of sp³-hybridized carbons (Fsp3) is 0.450. The second-order valence-electron chi connectivity index (χ2n) is 7.35. The number of fused-ring (bicyclic) bond motifs is 1. The van der Waals surface area contributed by atoms with E-state index < -0.39 is 9.84 Å². The summed E-state index contributed by atoms with van der Waals surface area (Å²) in [4.78, 5) is 15.2. The molecule has 2 heterocycles. The summed E-state index contributed by atoms with van der Waals surface area (Å²) < 4.78 is 24.5. The van der Waals surface area contributed by atoms with E-state index in [-0.39, 0.29) is 29.5 Å². The van der Waals surface area contributed by atoms with Crippen LogP contribution in [0.1, 0.15) is 29.6 Å². The Bertz CT molecular complexity index is 914. The monoisotopic (exact) mass is 372 g/mol. The maximum atomic E-state index is 12.9. The molecule has 6 heteroatoms. The lowest BCUT2D eigenvalue weighted by atomic mass is 10.0. The molecule has 0 radical (unpaired) electrons. The normalized spacial score (nSPS) is 26.0. The van der Waals surface area contributed by atoms with Gasteiger partial charge in [-0.15, -0.1) is 0 Å². The third-order valence-electron chi connectivity index (χ3n) is 5.53. The summed E-state index contributed by atoms with van der Waals surface area (Å²) in [6.45, 7) is 1.83. The van der Waals surface area contributed by atoms with Crippen LogP contribution < -0.4 is 5.32 Å². The molecule has 2 aromatic rings. The summed E-state index contributed by atoms with van der Waals surface area (Å²) in [7, 11) is -3.12. The topological polar surface area (TPSA) is 66.5 Å². The van der Waals surface area contributed by atoms with E-state index in [1.807, 2.05) is 36.4 Å². The summed E-state index contributed by atoms with van der Waals surface area (Å²) in [6.07, 6.45) is 3.39. The fourth-order valence-electron chi connectivity index (χ4n) is 4.25. The summed E-state index contributed by atoms with van der Waals surface area (Å²) in [5.41, 5.74) is 0.602. The first-order valence-corrected chi connectivity index (χ1v) is 11.1. The van der Waals surface area contributed by atoms with Gasteiger partial charge in [-0.1, -0.05) is 42.8 Å². The van der Waals surface area contributed by atoms with Crippen molar-refractivity contribution in [3.63, 3.8) is 0 Å². The highest BCUT2D eigenvalue weighted by atomic mass is 32.2. The van der Waals surface area contributed by atoms with Crippen LogP contribution in [0.5, 0.6) is 0 Å². The molecule has 5 nitrogen and oxygen atoms in total.